The highest BCUT2D eigenvalue weighted by molar-refractivity contribution is 8.01. The van der Waals surface area contributed by atoms with Crippen molar-refractivity contribution in [1.29, 1.82) is 0 Å². The highest BCUT2D eigenvalue weighted by atomic mass is 32.2. The predicted octanol–water partition coefficient (Wildman–Crippen LogP) is 6.90. The summed E-state index contributed by atoms with van der Waals surface area (Å²) >= 11 is 2.10. The maximum absolute atomic E-state index is 2.30. The summed E-state index contributed by atoms with van der Waals surface area (Å²) in [5.41, 5.74) is 4.05. The molecule has 0 aromatic heterocycles. The van der Waals surface area contributed by atoms with Gasteiger partial charge in [0, 0.05) is 5.25 Å². The van der Waals surface area contributed by atoms with E-state index in [0.29, 0.717) is 5.25 Å². The SMILES string of the molecule is CCC(CC)SC(c1ccccc1)(c1ccccc1)c1ccccc1. The van der Waals surface area contributed by atoms with E-state index in [9.17, 15) is 0 Å². The standard InChI is InChI=1S/C24H26S/c1-3-23(4-2)25-24(20-14-8-5-9-15-20,21-16-10-6-11-17-21)22-18-12-7-13-19-22/h5-19,23H,3-4H2,1-2H3. The molecule has 3 rings (SSSR count). The Morgan fingerprint density at radius 1 is 0.600 bits per heavy atom. The second-order valence-electron chi connectivity index (χ2n) is 6.34. The number of thioether (sulfide) groups is 1. The Bertz CT molecular complexity index is 649. The molecule has 0 spiro atoms. The smallest absolute Gasteiger partial charge is 0.0909 e. The number of hydrogen-bond donors (Lipinski definition) is 0. The third-order valence-electron chi connectivity index (χ3n) is 4.80. The molecule has 0 radical (unpaired) electrons. The zero-order valence-electron chi connectivity index (χ0n) is 15.1. The van der Waals surface area contributed by atoms with Crippen molar-refractivity contribution >= 4 is 11.8 Å². The minimum atomic E-state index is -0.180. The molecule has 0 heterocycles. The van der Waals surface area contributed by atoms with Crippen molar-refractivity contribution in [1.82, 2.24) is 0 Å². The van der Waals surface area contributed by atoms with Crippen molar-refractivity contribution in [3.63, 3.8) is 0 Å². The molecule has 0 atom stereocenters. The summed E-state index contributed by atoms with van der Waals surface area (Å²) in [6.07, 6.45) is 2.35. The van der Waals surface area contributed by atoms with Gasteiger partial charge < -0.3 is 0 Å². The van der Waals surface area contributed by atoms with Crippen LogP contribution in [0.15, 0.2) is 91.0 Å². The number of benzene rings is 3. The highest BCUT2D eigenvalue weighted by Crippen LogP contribution is 2.51. The highest BCUT2D eigenvalue weighted by Gasteiger charge is 2.38. The first-order chi connectivity index (χ1) is 12.3. The molecular weight excluding hydrogens is 320 g/mol. The van der Waals surface area contributed by atoms with Crippen molar-refractivity contribution in [3.05, 3.63) is 108 Å². The van der Waals surface area contributed by atoms with Gasteiger partial charge in [-0.05, 0) is 29.5 Å². The van der Waals surface area contributed by atoms with Crippen molar-refractivity contribution in [2.24, 2.45) is 0 Å². The fourth-order valence-electron chi connectivity index (χ4n) is 3.43. The second kappa shape index (κ2) is 8.40. The fraction of sp³-hybridized carbons (Fsp3) is 0.250. The molecule has 0 amide bonds. The molecular formula is C24H26S. The Balaban J connectivity index is 2.27. The van der Waals surface area contributed by atoms with Crippen molar-refractivity contribution in [2.75, 3.05) is 0 Å². The summed E-state index contributed by atoms with van der Waals surface area (Å²) in [4.78, 5) is 0. The largest absolute Gasteiger partial charge is 0.137 e. The lowest BCUT2D eigenvalue weighted by Crippen LogP contribution is -2.28. The van der Waals surface area contributed by atoms with Gasteiger partial charge in [0.25, 0.3) is 0 Å². The van der Waals surface area contributed by atoms with Gasteiger partial charge in [-0.15, -0.1) is 11.8 Å². The Labute approximate surface area is 156 Å². The van der Waals surface area contributed by atoms with Crippen LogP contribution in [0, 0.1) is 0 Å². The van der Waals surface area contributed by atoms with Crippen LogP contribution in [-0.2, 0) is 4.75 Å². The summed E-state index contributed by atoms with van der Waals surface area (Å²) in [5.74, 6) is 0. The van der Waals surface area contributed by atoms with Crippen LogP contribution in [0.2, 0.25) is 0 Å². The summed E-state index contributed by atoms with van der Waals surface area (Å²) in [5, 5.41) is 0.612. The van der Waals surface area contributed by atoms with Crippen LogP contribution >= 0.6 is 11.8 Å². The molecule has 0 N–H and O–H groups in total. The van der Waals surface area contributed by atoms with E-state index in [0.717, 1.165) is 0 Å². The van der Waals surface area contributed by atoms with Crippen molar-refractivity contribution in [2.45, 2.75) is 36.7 Å². The molecule has 3 aromatic carbocycles. The minimum absolute atomic E-state index is 0.180. The third kappa shape index (κ3) is 3.67. The van der Waals surface area contributed by atoms with Crippen LogP contribution in [0.4, 0.5) is 0 Å². The molecule has 0 aliphatic carbocycles. The first kappa shape index (κ1) is 17.8. The van der Waals surface area contributed by atoms with Crippen molar-refractivity contribution < 1.29 is 0 Å². The van der Waals surface area contributed by atoms with E-state index >= 15 is 0 Å². The fourth-order valence-corrected chi connectivity index (χ4v) is 5.08. The number of rotatable bonds is 7. The zero-order chi connectivity index (χ0) is 17.5. The molecule has 25 heavy (non-hydrogen) atoms. The Hall–Kier alpha value is -1.99. The van der Waals surface area contributed by atoms with E-state index in [4.69, 9.17) is 0 Å². The van der Waals surface area contributed by atoms with Gasteiger partial charge in [-0.25, -0.2) is 0 Å². The molecule has 0 aliphatic heterocycles. The normalized spacial score (nSPS) is 11.6. The summed E-state index contributed by atoms with van der Waals surface area (Å²) in [7, 11) is 0. The van der Waals surface area contributed by atoms with Gasteiger partial charge in [-0.3, -0.25) is 0 Å². The predicted molar refractivity (Wildman–Crippen MR) is 111 cm³/mol. The van der Waals surface area contributed by atoms with Gasteiger partial charge in [-0.1, -0.05) is 105 Å². The molecule has 128 valence electrons. The van der Waals surface area contributed by atoms with E-state index in [-0.39, 0.29) is 4.75 Å². The van der Waals surface area contributed by atoms with Crippen LogP contribution in [0.5, 0.6) is 0 Å². The van der Waals surface area contributed by atoms with Gasteiger partial charge in [0.1, 0.15) is 0 Å². The van der Waals surface area contributed by atoms with Crippen LogP contribution in [0.3, 0.4) is 0 Å². The second-order valence-corrected chi connectivity index (χ2v) is 7.85. The van der Waals surface area contributed by atoms with Gasteiger partial charge >= 0.3 is 0 Å². The monoisotopic (exact) mass is 346 g/mol. The maximum Gasteiger partial charge on any atom is 0.0909 e. The molecule has 0 bridgehead atoms. The average Bonchev–Trinajstić information content (AvgIpc) is 2.71. The van der Waals surface area contributed by atoms with E-state index in [1.54, 1.807) is 0 Å². The van der Waals surface area contributed by atoms with E-state index in [2.05, 4.69) is 117 Å². The quantitative estimate of drug-likeness (QED) is 0.419. The van der Waals surface area contributed by atoms with Crippen LogP contribution in [0.25, 0.3) is 0 Å². The van der Waals surface area contributed by atoms with Crippen LogP contribution < -0.4 is 0 Å². The van der Waals surface area contributed by atoms with Gasteiger partial charge in [-0.2, -0.15) is 0 Å². The topological polar surface area (TPSA) is 0 Å². The van der Waals surface area contributed by atoms with Gasteiger partial charge in [0.05, 0.1) is 4.75 Å². The summed E-state index contributed by atoms with van der Waals surface area (Å²) in [6.45, 7) is 4.60. The Kier molecular flexibility index (Phi) is 5.99. The first-order valence-corrected chi connectivity index (χ1v) is 10.0. The van der Waals surface area contributed by atoms with E-state index in [1.807, 2.05) is 0 Å². The molecule has 0 aliphatic rings. The van der Waals surface area contributed by atoms with Crippen molar-refractivity contribution in [3.8, 4) is 0 Å². The van der Waals surface area contributed by atoms with Gasteiger partial charge in [0.2, 0.25) is 0 Å². The maximum atomic E-state index is 2.30. The molecule has 0 fully saturated rings. The Morgan fingerprint density at radius 3 is 1.20 bits per heavy atom. The zero-order valence-corrected chi connectivity index (χ0v) is 15.9. The third-order valence-corrected chi connectivity index (χ3v) is 6.86. The Morgan fingerprint density at radius 2 is 0.920 bits per heavy atom. The van der Waals surface area contributed by atoms with Crippen LogP contribution in [0.1, 0.15) is 43.4 Å². The lowest BCUT2D eigenvalue weighted by molar-refractivity contribution is 0.772. The lowest BCUT2D eigenvalue weighted by atomic mass is 9.84. The lowest BCUT2D eigenvalue weighted by Gasteiger charge is -2.38. The molecule has 0 saturated heterocycles. The molecule has 0 saturated carbocycles. The molecule has 1 heteroatoms. The first-order valence-electron chi connectivity index (χ1n) is 9.15. The molecule has 3 aromatic rings. The van der Waals surface area contributed by atoms with E-state index < -0.39 is 0 Å². The van der Waals surface area contributed by atoms with E-state index in [1.165, 1.54) is 29.5 Å². The average molecular weight is 347 g/mol. The number of hydrogen-bond acceptors (Lipinski definition) is 1. The summed E-state index contributed by atoms with van der Waals surface area (Å²) < 4.78 is -0.180. The van der Waals surface area contributed by atoms with Crippen LogP contribution in [-0.4, -0.2) is 5.25 Å². The van der Waals surface area contributed by atoms with Gasteiger partial charge in [0.15, 0.2) is 0 Å². The molecule has 0 nitrogen and oxygen atoms in total. The molecule has 0 unspecified atom stereocenters. The minimum Gasteiger partial charge on any atom is -0.137 e. The summed E-state index contributed by atoms with van der Waals surface area (Å²) in [6, 6.07) is 32.9.